The Bertz CT molecular complexity index is 1020. The quantitative estimate of drug-likeness (QED) is 0.406. The largest absolute Gasteiger partial charge is 0.371 e. The lowest BCUT2D eigenvalue weighted by molar-refractivity contribution is -0.0288. The number of hydrogen-bond acceptors (Lipinski definition) is 7. The number of benzene rings is 2. The smallest absolute Gasteiger partial charge is 0.162 e. The van der Waals surface area contributed by atoms with E-state index in [9.17, 15) is 0 Å². The van der Waals surface area contributed by atoms with Crippen molar-refractivity contribution in [1.82, 2.24) is 14.9 Å². The summed E-state index contributed by atoms with van der Waals surface area (Å²) in [6.07, 6.45) is 0.0223. The molecule has 1 atom stereocenters. The van der Waals surface area contributed by atoms with Crippen molar-refractivity contribution in [3.8, 4) is 11.4 Å². The first-order valence-electron chi connectivity index (χ1n) is 9.98. The van der Waals surface area contributed by atoms with Crippen LogP contribution in [0.15, 0.2) is 64.8 Å². The number of morpholine rings is 1. The maximum atomic E-state index is 6.30. The molecular weight excluding hydrogens is 435 g/mol. The summed E-state index contributed by atoms with van der Waals surface area (Å²) in [5, 5.41) is 8.71. The van der Waals surface area contributed by atoms with Gasteiger partial charge in [0.25, 0.3) is 0 Å². The van der Waals surface area contributed by atoms with Crippen molar-refractivity contribution in [3.63, 3.8) is 0 Å². The van der Waals surface area contributed by atoms with Crippen molar-refractivity contribution in [3.05, 3.63) is 70.5 Å². The average molecular weight is 457 g/mol. The number of azo groups is 1. The molecule has 2 heterocycles. The molecule has 1 unspecified atom stereocenters. The Morgan fingerprint density at radius 1 is 1.00 bits per heavy atom. The van der Waals surface area contributed by atoms with E-state index >= 15 is 0 Å². The van der Waals surface area contributed by atoms with Crippen molar-refractivity contribution >= 4 is 34.6 Å². The van der Waals surface area contributed by atoms with Crippen LogP contribution in [0.1, 0.15) is 11.7 Å². The molecule has 2 N–H and O–H groups in total. The first kappa shape index (κ1) is 21.8. The van der Waals surface area contributed by atoms with Crippen molar-refractivity contribution in [2.24, 2.45) is 16.0 Å². The van der Waals surface area contributed by atoms with Gasteiger partial charge in [-0.25, -0.2) is 9.97 Å². The minimum absolute atomic E-state index is 0.0223. The fourth-order valence-corrected chi connectivity index (χ4v) is 3.82. The molecule has 0 radical (unpaired) electrons. The van der Waals surface area contributed by atoms with E-state index in [1.54, 1.807) is 0 Å². The van der Waals surface area contributed by atoms with Crippen LogP contribution in [0.25, 0.3) is 11.4 Å². The molecule has 2 aromatic carbocycles. The third-order valence-electron chi connectivity index (χ3n) is 4.96. The Hall–Kier alpha value is -2.42. The molecule has 0 amide bonds. The molecule has 0 saturated carbocycles. The molecule has 4 rings (SSSR count). The summed E-state index contributed by atoms with van der Waals surface area (Å²) >= 11 is 12.6. The number of hydrogen-bond donors (Lipinski definition) is 1. The van der Waals surface area contributed by atoms with E-state index in [4.69, 9.17) is 33.7 Å². The number of halogens is 2. The van der Waals surface area contributed by atoms with Gasteiger partial charge >= 0.3 is 0 Å². The second-order valence-corrected chi connectivity index (χ2v) is 7.80. The van der Waals surface area contributed by atoms with Crippen LogP contribution in [-0.4, -0.2) is 47.7 Å². The zero-order valence-corrected chi connectivity index (χ0v) is 18.3. The third kappa shape index (κ3) is 5.44. The lowest BCUT2D eigenvalue weighted by atomic mass is 10.1. The number of nitrogens with zero attached hydrogens (tertiary/aromatic N) is 5. The molecule has 1 saturated heterocycles. The Morgan fingerprint density at radius 2 is 1.71 bits per heavy atom. The summed E-state index contributed by atoms with van der Waals surface area (Å²) in [6.45, 7) is 3.95. The zero-order chi connectivity index (χ0) is 21.6. The van der Waals surface area contributed by atoms with Crippen LogP contribution >= 0.6 is 23.2 Å². The Morgan fingerprint density at radius 3 is 2.39 bits per heavy atom. The van der Waals surface area contributed by atoms with Crippen LogP contribution in [0.5, 0.6) is 0 Å². The molecule has 0 spiro atoms. The van der Waals surface area contributed by atoms with E-state index in [-0.39, 0.29) is 22.1 Å². The molecule has 1 aliphatic rings. The van der Waals surface area contributed by atoms with Gasteiger partial charge in [-0.1, -0.05) is 65.7 Å². The molecule has 1 aliphatic heterocycles. The number of nitrogens with two attached hydrogens (primary N) is 1. The first-order valence-corrected chi connectivity index (χ1v) is 10.7. The SMILES string of the molecule is NCCN1CCOC(c2ccc(N=Nc3c(Cl)nc(-c4ccccc4)nc3Cl)cc2)C1. The van der Waals surface area contributed by atoms with E-state index in [1.165, 1.54) is 0 Å². The molecule has 1 aromatic heterocycles. The van der Waals surface area contributed by atoms with Crippen LogP contribution < -0.4 is 5.73 Å². The summed E-state index contributed by atoms with van der Waals surface area (Å²) in [7, 11) is 0. The molecule has 3 aromatic rings. The van der Waals surface area contributed by atoms with Crippen molar-refractivity contribution < 1.29 is 4.74 Å². The second kappa shape index (κ2) is 10.3. The van der Waals surface area contributed by atoms with E-state index in [2.05, 4.69) is 25.1 Å². The van der Waals surface area contributed by atoms with Crippen LogP contribution in [0.2, 0.25) is 10.3 Å². The van der Waals surface area contributed by atoms with E-state index in [1.807, 2.05) is 54.6 Å². The molecule has 9 heteroatoms. The van der Waals surface area contributed by atoms with Crippen LogP contribution in [0.3, 0.4) is 0 Å². The van der Waals surface area contributed by atoms with Crippen molar-refractivity contribution in [1.29, 1.82) is 0 Å². The monoisotopic (exact) mass is 456 g/mol. The minimum atomic E-state index is 0.0223. The molecule has 0 bridgehead atoms. The van der Waals surface area contributed by atoms with Gasteiger partial charge in [0.15, 0.2) is 21.8 Å². The average Bonchev–Trinajstić information content (AvgIpc) is 2.80. The lowest BCUT2D eigenvalue weighted by Crippen LogP contribution is -2.40. The Balaban J connectivity index is 1.47. The fraction of sp³-hybridized carbons (Fsp3) is 0.273. The Labute approximate surface area is 190 Å². The lowest BCUT2D eigenvalue weighted by Gasteiger charge is -2.32. The molecule has 0 aliphatic carbocycles. The van der Waals surface area contributed by atoms with Gasteiger partial charge in [0.1, 0.15) is 0 Å². The van der Waals surface area contributed by atoms with Crippen LogP contribution in [0, 0.1) is 0 Å². The van der Waals surface area contributed by atoms with Crippen LogP contribution in [-0.2, 0) is 4.74 Å². The summed E-state index contributed by atoms with van der Waals surface area (Å²) in [5.41, 5.74) is 8.48. The maximum Gasteiger partial charge on any atom is 0.162 e. The van der Waals surface area contributed by atoms with Gasteiger partial charge in [-0.05, 0) is 17.7 Å². The molecule has 31 heavy (non-hydrogen) atoms. The third-order valence-corrected chi connectivity index (χ3v) is 5.48. The highest BCUT2D eigenvalue weighted by atomic mass is 35.5. The van der Waals surface area contributed by atoms with E-state index in [0.29, 0.717) is 24.7 Å². The van der Waals surface area contributed by atoms with Gasteiger partial charge in [-0.3, -0.25) is 4.90 Å². The summed E-state index contributed by atoms with van der Waals surface area (Å²) in [5.74, 6) is 0.440. The van der Waals surface area contributed by atoms with E-state index in [0.717, 1.165) is 30.8 Å². The van der Waals surface area contributed by atoms with Gasteiger partial charge in [-0.15, -0.1) is 5.11 Å². The normalized spacial score (nSPS) is 17.3. The van der Waals surface area contributed by atoms with Gasteiger partial charge in [0.2, 0.25) is 0 Å². The summed E-state index contributed by atoms with van der Waals surface area (Å²) in [6, 6.07) is 17.2. The van der Waals surface area contributed by atoms with Crippen molar-refractivity contribution in [2.75, 3.05) is 32.8 Å². The number of ether oxygens (including phenoxy) is 1. The second-order valence-electron chi connectivity index (χ2n) is 7.08. The zero-order valence-electron chi connectivity index (χ0n) is 16.8. The topological polar surface area (TPSA) is 89.0 Å². The summed E-state index contributed by atoms with van der Waals surface area (Å²) < 4.78 is 5.90. The van der Waals surface area contributed by atoms with Gasteiger partial charge < -0.3 is 10.5 Å². The minimum Gasteiger partial charge on any atom is -0.371 e. The highest BCUT2D eigenvalue weighted by Gasteiger charge is 2.21. The predicted octanol–water partition coefficient (Wildman–Crippen LogP) is 5.20. The fourth-order valence-electron chi connectivity index (χ4n) is 3.35. The number of rotatable bonds is 6. The molecule has 7 nitrogen and oxygen atoms in total. The molecule has 160 valence electrons. The highest BCUT2D eigenvalue weighted by molar-refractivity contribution is 6.37. The van der Waals surface area contributed by atoms with Crippen LogP contribution in [0.4, 0.5) is 11.4 Å². The molecular formula is C22H22Cl2N6O. The first-order chi connectivity index (χ1) is 15.1. The number of aromatic nitrogens is 2. The maximum absolute atomic E-state index is 6.30. The van der Waals surface area contributed by atoms with Gasteiger partial charge in [0.05, 0.1) is 18.4 Å². The van der Waals surface area contributed by atoms with Crippen molar-refractivity contribution in [2.45, 2.75) is 6.10 Å². The standard InChI is InChI=1S/C22H22Cl2N6O/c23-20-19(21(24)27-22(26-20)16-4-2-1-3-5-16)29-28-17-8-6-15(7-9-17)18-14-30(11-10-25)12-13-31-18/h1-9,18H,10-14,25H2. The van der Waals surface area contributed by atoms with Gasteiger partial charge in [-0.2, -0.15) is 5.11 Å². The highest BCUT2D eigenvalue weighted by Crippen LogP contribution is 2.34. The predicted molar refractivity (Wildman–Crippen MR) is 122 cm³/mol. The molecule has 1 fully saturated rings. The summed E-state index contributed by atoms with van der Waals surface area (Å²) in [4.78, 5) is 10.9. The van der Waals surface area contributed by atoms with Gasteiger partial charge in [0, 0.05) is 31.7 Å². The Kier molecular flexibility index (Phi) is 7.21. The van der Waals surface area contributed by atoms with E-state index < -0.39 is 0 Å².